The Morgan fingerprint density at radius 3 is 2.47 bits per heavy atom. The Bertz CT molecular complexity index is 233. The number of rotatable bonds is 3. The fourth-order valence-electron chi connectivity index (χ4n) is 4.16. The van der Waals surface area contributed by atoms with Crippen LogP contribution in [-0.4, -0.2) is 11.7 Å². The molecule has 0 unspecified atom stereocenters. The molecule has 15 heavy (non-hydrogen) atoms. The van der Waals surface area contributed by atoms with Crippen LogP contribution in [0.1, 0.15) is 47.0 Å². The van der Waals surface area contributed by atoms with Crippen LogP contribution >= 0.6 is 0 Å². The van der Waals surface area contributed by atoms with Crippen molar-refractivity contribution in [2.75, 3.05) is 6.61 Å². The first-order valence-corrected chi connectivity index (χ1v) is 6.57. The molecule has 0 aromatic rings. The molecular formula is C14H26O. The molecule has 0 heterocycles. The highest BCUT2D eigenvalue weighted by molar-refractivity contribution is 5.04. The van der Waals surface area contributed by atoms with Gasteiger partial charge in [-0.15, -0.1) is 0 Å². The van der Waals surface area contributed by atoms with Crippen molar-refractivity contribution in [1.82, 2.24) is 0 Å². The Balaban J connectivity index is 1.96. The summed E-state index contributed by atoms with van der Waals surface area (Å²) in [7, 11) is 0. The average molecular weight is 210 g/mol. The van der Waals surface area contributed by atoms with Gasteiger partial charge in [-0.05, 0) is 54.3 Å². The molecule has 2 bridgehead atoms. The minimum atomic E-state index is 0.363. The van der Waals surface area contributed by atoms with Crippen molar-refractivity contribution in [3.8, 4) is 0 Å². The monoisotopic (exact) mass is 210 g/mol. The van der Waals surface area contributed by atoms with Crippen LogP contribution in [0.4, 0.5) is 0 Å². The van der Waals surface area contributed by atoms with E-state index >= 15 is 0 Å². The number of aliphatic hydroxyl groups is 1. The number of hydrogen-bond donors (Lipinski definition) is 1. The maximum Gasteiger partial charge on any atom is 0.0456 e. The molecule has 0 spiro atoms. The molecule has 0 aromatic carbocycles. The van der Waals surface area contributed by atoms with Crippen LogP contribution in [0.5, 0.6) is 0 Å². The summed E-state index contributed by atoms with van der Waals surface area (Å²) in [6.45, 7) is 9.89. The van der Waals surface area contributed by atoms with E-state index in [4.69, 9.17) is 5.11 Å². The lowest BCUT2D eigenvalue weighted by molar-refractivity contribution is -0.132. The van der Waals surface area contributed by atoms with Crippen LogP contribution in [0.2, 0.25) is 0 Å². The van der Waals surface area contributed by atoms with Gasteiger partial charge in [0.25, 0.3) is 0 Å². The molecule has 3 aliphatic carbocycles. The summed E-state index contributed by atoms with van der Waals surface area (Å²) in [6, 6.07) is 0. The van der Waals surface area contributed by atoms with Gasteiger partial charge in [-0.1, -0.05) is 27.7 Å². The van der Waals surface area contributed by atoms with Gasteiger partial charge in [-0.2, -0.15) is 0 Å². The van der Waals surface area contributed by atoms with E-state index in [0.717, 1.165) is 23.7 Å². The van der Waals surface area contributed by atoms with Crippen LogP contribution in [0.3, 0.4) is 0 Å². The molecule has 0 aromatic heterocycles. The van der Waals surface area contributed by atoms with Crippen molar-refractivity contribution in [3.63, 3.8) is 0 Å². The predicted octanol–water partition coefficient (Wildman–Crippen LogP) is 3.32. The minimum Gasteiger partial charge on any atom is -0.396 e. The lowest BCUT2D eigenvalue weighted by Gasteiger charge is -2.62. The second kappa shape index (κ2) is 3.76. The van der Waals surface area contributed by atoms with Crippen molar-refractivity contribution in [2.45, 2.75) is 47.0 Å². The molecule has 3 rings (SSSR count). The third-order valence-electron chi connectivity index (χ3n) is 5.53. The lowest BCUT2D eigenvalue weighted by atomic mass is 9.43. The first-order chi connectivity index (χ1) is 6.96. The zero-order chi connectivity index (χ0) is 11.2. The van der Waals surface area contributed by atoms with Gasteiger partial charge >= 0.3 is 0 Å². The van der Waals surface area contributed by atoms with Crippen LogP contribution in [0, 0.1) is 35.0 Å². The highest BCUT2D eigenvalue weighted by Crippen LogP contribution is 2.63. The van der Waals surface area contributed by atoms with Gasteiger partial charge in [0.2, 0.25) is 0 Å². The maximum atomic E-state index is 9.13. The van der Waals surface area contributed by atoms with Crippen molar-refractivity contribution in [3.05, 3.63) is 0 Å². The van der Waals surface area contributed by atoms with Crippen molar-refractivity contribution >= 4 is 0 Å². The van der Waals surface area contributed by atoms with Crippen molar-refractivity contribution in [1.29, 1.82) is 0 Å². The maximum absolute atomic E-state index is 9.13. The summed E-state index contributed by atoms with van der Waals surface area (Å²) in [5.74, 6) is 4.17. The van der Waals surface area contributed by atoms with E-state index in [1.54, 1.807) is 0 Å². The predicted molar refractivity (Wildman–Crippen MR) is 63.5 cm³/mol. The van der Waals surface area contributed by atoms with Gasteiger partial charge in [-0.3, -0.25) is 0 Å². The molecule has 88 valence electrons. The molecule has 0 aliphatic heterocycles. The second-order valence-electron chi connectivity index (χ2n) is 6.74. The van der Waals surface area contributed by atoms with E-state index in [0.29, 0.717) is 17.9 Å². The fraction of sp³-hybridized carbons (Fsp3) is 1.00. The SMILES string of the molecule is C[C@@H](CO)C[C@H]1C[C@H]2C[C@@H]([C@@H]1C)C2(C)C. The van der Waals surface area contributed by atoms with Crippen LogP contribution < -0.4 is 0 Å². The first-order valence-electron chi connectivity index (χ1n) is 6.57. The molecule has 0 saturated heterocycles. The normalized spacial score (nSPS) is 44.6. The van der Waals surface area contributed by atoms with Gasteiger partial charge in [0.05, 0.1) is 0 Å². The smallest absolute Gasteiger partial charge is 0.0456 e. The fourth-order valence-corrected chi connectivity index (χ4v) is 4.16. The highest BCUT2D eigenvalue weighted by atomic mass is 16.3. The zero-order valence-electron chi connectivity index (χ0n) is 10.7. The Kier molecular flexibility index (Phi) is 2.87. The molecule has 3 aliphatic rings. The molecule has 0 radical (unpaired) electrons. The van der Waals surface area contributed by atoms with Crippen LogP contribution in [0.15, 0.2) is 0 Å². The largest absolute Gasteiger partial charge is 0.396 e. The van der Waals surface area contributed by atoms with Gasteiger partial charge in [0.15, 0.2) is 0 Å². The standard InChI is InChI=1S/C14H26O/c1-9(8-15)5-11-6-12-7-13(10(11)2)14(12,3)4/h9-13,15H,5-8H2,1-4H3/t9-,10-,11+,12+,13+/m1/s1. The summed E-state index contributed by atoms with van der Waals surface area (Å²) in [5, 5.41) is 9.13. The van der Waals surface area contributed by atoms with Crippen LogP contribution in [0.25, 0.3) is 0 Å². The minimum absolute atomic E-state index is 0.363. The third kappa shape index (κ3) is 1.73. The molecule has 5 atom stereocenters. The van der Waals surface area contributed by atoms with Crippen molar-refractivity contribution in [2.24, 2.45) is 35.0 Å². The van der Waals surface area contributed by atoms with Gasteiger partial charge in [0, 0.05) is 6.61 Å². The number of hydrogen-bond acceptors (Lipinski definition) is 1. The molecular weight excluding hydrogens is 184 g/mol. The summed E-state index contributed by atoms with van der Waals surface area (Å²) in [5.41, 5.74) is 0.609. The molecule has 1 nitrogen and oxygen atoms in total. The molecule has 3 fully saturated rings. The van der Waals surface area contributed by atoms with E-state index in [2.05, 4.69) is 27.7 Å². The Morgan fingerprint density at radius 1 is 1.33 bits per heavy atom. The first kappa shape index (κ1) is 11.4. The Hall–Kier alpha value is -0.0400. The Morgan fingerprint density at radius 2 is 2.00 bits per heavy atom. The molecule has 0 amide bonds. The zero-order valence-corrected chi connectivity index (χ0v) is 10.7. The molecule has 3 saturated carbocycles. The molecule has 1 N–H and O–H groups in total. The summed E-state index contributed by atoms with van der Waals surface area (Å²) in [4.78, 5) is 0. The summed E-state index contributed by atoms with van der Waals surface area (Å²) < 4.78 is 0. The van der Waals surface area contributed by atoms with Crippen molar-refractivity contribution < 1.29 is 5.11 Å². The van der Waals surface area contributed by atoms with E-state index in [9.17, 15) is 0 Å². The Labute approximate surface area is 94.3 Å². The van der Waals surface area contributed by atoms with Gasteiger partial charge in [-0.25, -0.2) is 0 Å². The van der Waals surface area contributed by atoms with Gasteiger partial charge < -0.3 is 5.11 Å². The van der Waals surface area contributed by atoms with Crippen LogP contribution in [-0.2, 0) is 0 Å². The summed E-state index contributed by atoms with van der Waals surface area (Å²) in [6.07, 6.45) is 4.12. The van der Waals surface area contributed by atoms with E-state index in [-0.39, 0.29) is 0 Å². The quantitative estimate of drug-likeness (QED) is 0.757. The molecule has 1 heteroatoms. The third-order valence-corrected chi connectivity index (χ3v) is 5.53. The second-order valence-corrected chi connectivity index (χ2v) is 6.74. The number of fused-ring (bicyclic) bond motifs is 2. The number of aliphatic hydroxyl groups excluding tert-OH is 1. The van der Waals surface area contributed by atoms with E-state index in [1.807, 2.05) is 0 Å². The average Bonchev–Trinajstić information content (AvgIpc) is 2.19. The van der Waals surface area contributed by atoms with E-state index in [1.165, 1.54) is 19.3 Å². The lowest BCUT2D eigenvalue weighted by Crippen LogP contribution is -2.55. The highest BCUT2D eigenvalue weighted by Gasteiger charge is 2.55. The topological polar surface area (TPSA) is 20.2 Å². The van der Waals surface area contributed by atoms with Gasteiger partial charge in [0.1, 0.15) is 0 Å². The summed E-state index contributed by atoms with van der Waals surface area (Å²) >= 11 is 0. The van der Waals surface area contributed by atoms with E-state index < -0.39 is 0 Å².